The minimum absolute atomic E-state index is 0.00615. The Balaban J connectivity index is 1.80. The Morgan fingerprint density at radius 3 is 2.70 bits per heavy atom. The summed E-state index contributed by atoms with van der Waals surface area (Å²) < 4.78 is 45.6. The Hall–Kier alpha value is -0.790. The van der Waals surface area contributed by atoms with E-state index in [-0.39, 0.29) is 23.4 Å². The fourth-order valence-electron chi connectivity index (χ4n) is 2.96. The number of aromatic nitrogens is 2. The highest BCUT2D eigenvalue weighted by atomic mass is 35.5. The lowest BCUT2D eigenvalue weighted by Gasteiger charge is -2.28. The molecule has 0 saturated heterocycles. The Morgan fingerprint density at radius 2 is 2.04 bits per heavy atom. The third kappa shape index (κ3) is 4.84. The van der Waals surface area contributed by atoms with Crippen LogP contribution in [0.15, 0.2) is 0 Å². The van der Waals surface area contributed by atoms with Crippen LogP contribution in [0.2, 0.25) is 5.15 Å². The van der Waals surface area contributed by atoms with Crippen molar-refractivity contribution < 1.29 is 17.9 Å². The molecule has 1 aliphatic carbocycles. The summed E-state index contributed by atoms with van der Waals surface area (Å²) in [6.07, 6.45) is 0.433. The van der Waals surface area contributed by atoms with E-state index >= 15 is 0 Å². The summed E-state index contributed by atoms with van der Waals surface area (Å²) in [6, 6.07) is 0. The van der Waals surface area contributed by atoms with Crippen molar-refractivity contribution in [2.75, 3.05) is 13.2 Å². The van der Waals surface area contributed by atoms with Gasteiger partial charge in [-0.3, -0.25) is 4.68 Å². The zero-order chi connectivity index (χ0) is 17.0. The third-order valence-corrected chi connectivity index (χ3v) is 4.76. The molecule has 0 radical (unpaired) electrons. The quantitative estimate of drug-likeness (QED) is 0.791. The lowest BCUT2D eigenvalue weighted by atomic mass is 9.88. The van der Waals surface area contributed by atoms with Crippen LogP contribution in [0, 0.1) is 5.92 Å². The molecule has 132 valence electrons. The van der Waals surface area contributed by atoms with Crippen LogP contribution in [0.5, 0.6) is 0 Å². The van der Waals surface area contributed by atoms with E-state index in [1.807, 2.05) is 0 Å². The molecule has 1 fully saturated rings. The highest BCUT2D eigenvalue weighted by Gasteiger charge is 2.38. The maximum absolute atomic E-state index is 12.9. The standard InChI is InChI=1S/C15H23ClF3N3O/c1-10-5-3-4-6-12(10)23-8-7-20-9-11-13(15(17,18)19)21-22(2)14(11)16/h10,12,20H,3-9H2,1-2H3. The van der Waals surface area contributed by atoms with Gasteiger partial charge in [0.2, 0.25) is 0 Å². The first-order chi connectivity index (χ1) is 10.8. The number of alkyl halides is 3. The molecule has 0 spiro atoms. The fourth-order valence-corrected chi connectivity index (χ4v) is 3.15. The number of hydrogen-bond acceptors (Lipinski definition) is 3. The number of hydrogen-bond donors (Lipinski definition) is 1. The smallest absolute Gasteiger partial charge is 0.377 e. The van der Waals surface area contributed by atoms with Gasteiger partial charge in [-0.05, 0) is 18.8 Å². The normalized spacial score (nSPS) is 22.5. The van der Waals surface area contributed by atoms with Gasteiger partial charge >= 0.3 is 6.18 Å². The van der Waals surface area contributed by atoms with E-state index in [4.69, 9.17) is 16.3 Å². The predicted molar refractivity (Wildman–Crippen MR) is 82.3 cm³/mol. The molecular formula is C15H23ClF3N3O. The van der Waals surface area contributed by atoms with Crippen LogP contribution in [0.25, 0.3) is 0 Å². The van der Waals surface area contributed by atoms with E-state index in [0.717, 1.165) is 11.1 Å². The Morgan fingerprint density at radius 1 is 1.35 bits per heavy atom. The van der Waals surface area contributed by atoms with Gasteiger partial charge in [-0.1, -0.05) is 31.4 Å². The average Bonchev–Trinajstić information content (AvgIpc) is 2.77. The molecule has 1 N–H and O–H groups in total. The Kier molecular flexibility index (Phi) is 6.33. The van der Waals surface area contributed by atoms with E-state index < -0.39 is 11.9 Å². The molecule has 1 aromatic rings. The van der Waals surface area contributed by atoms with Crippen molar-refractivity contribution in [2.45, 2.75) is 51.4 Å². The molecule has 2 unspecified atom stereocenters. The number of nitrogens with zero attached hydrogens (tertiary/aromatic N) is 2. The number of aryl methyl sites for hydroxylation is 1. The van der Waals surface area contributed by atoms with Crippen molar-refractivity contribution in [3.8, 4) is 0 Å². The van der Waals surface area contributed by atoms with Crippen molar-refractivity contribution in [2.24, 2.45) is 13.0 Å². The van der Waals surface area contributed by atoms with Crippen molar-refractivity contribution >= 4 is 11.6 Å². The second kappa shape index (κ2) is 7.85. The molecule has 1 heterocycles. The van der Waals surface area contributed by atoms with E-state index in [1.165, 1.54) is 26.3 Å². The molecule has 1 aliphatic rings. The van der Waals surface area contributed by atoms with Gasteiger partial charge in [0.05, 0.1) is 12.7 Å². The summed E-state index contributed by atoms with van der Waals surface area (Å²) in [7, 11) is 1.40. The molecule has 0 amide bonds. The zero-order valence-corrected chi connectivity index (χ0v) is 14.2. The lowest BCUT2D eigenvalue weighted by molar-refractivity contribution is -0.142. The first-order valence-corrected chi connectivity index (χ1v) is 8.29. The summed E-state index contributed by atoms with van der Waals surface area (Å²) >= 11 is 5.90. The van der Waals surface area contributed by atoms with Crippen LogP contribution in [0.1, 0.15) is 43.9 Å². The largest absolute Gasteiger partial charge is 0.435 e. The fraction of sp³-hybridized carbons (Fsp3) is 0.800. The number of ether oxygens (including phenoxy) is 1. The van der Waals surface area contributed by atoms with E-state index in [9.17, 15) is 13.2 Å². The van der Waals surface area contributed by atoms with Gasteiger partial charge in [0, 0.05) is 25.7 Å². The molecular weight excluding hydrogens is 331 g/mol. The van der Waals surface area contributed by atoms with Crippen molar-refractivity contribution in [1.29, 1.82) is 0 Å². The second-order valence-corrected chi connectivity index (χ2v) is 6.45. The Labute approximate surface area is 139 Å². The van der Waals surface area contributed by atoms with Crippen LogP contribution in [0.4, 0.5) is 13.2 Å². The molecule has 1 saturated carbocycles. The highest BCUT2D eigenvalue weighted by Crippen LogP contribution is 2.34. The molecule has 2 atom stereocenters. The number of halogens is 4. The molecule has 0 aliphatic heterocycles. The first-order valence-electron chi connectivity index (χ1n) is 7.91. The molecule has 2 rings (SSSR count). The average molecular weight is 354 g/mol. The van der Waals surface area contributed by atoms with Crippen molar-refractivity contribution in [3.05, 3.63) is 16.4 Å². The topological polar surface area (TPSA) is 39.1 Å². The SMILES string of the molecule is CC1CCCCC1OCCNCc1c(C(F)(F)F)nn(C)c1Cl. The predicted octanol–water partition coefficient (Wildman–Crippen LogP) is 3.78. The second-order valence-electron chi connectivity index (χ2n) is 6.09. The maximum atomic E-state index is 12.9. The molecule has 23 heavy (non-hydrogen) atoms. The van der Waals surface area contributed by atoms with E-state index in [0.29, 0.717) is 19.1 Å². The first kappa shape index (κ1) is 18.5. The monoisotopic (exact) mass is 353 g/mol. The van der Waals surface area contributed by atoms with E-state index in [2.05, 4.69) is 17.3 Å². The third-order valence-electron chi connectivity index (χ3n) is 4.28. The van der Waals surface area contributed by atoms with Gasteiger partial charge in [-0.2, -0.15) is 18.3 Å². The summed E-state index contributed by atoms with van der Waals surface area (Å²) in [6.45, 7) is 3.16. The van der Waals surface area contributed by atoms with Crippen LogP contribution >= 0.6 is 11.6 Å². The molecule has 0 aromatic carbocycles. The van der Waals surface area contributed by atoms with Crippen molar-refractivity contribution in [3.63, 3.8) is 0 Å². The zero-order valence-electron chi connectivity index (χ0n) is 13.4. The van der Waals surface area contributed by atoms with Crippen LogP contribution in [-0.2, 0) is 24.5 Å². The highest BCUT2D eigenvalue weighted by molar-refractivity contribution is 6.30. The number of nitrogens with one attached hydrogen (secondary N) is 1. The van der Waals surface area contributed by atoms with Gasteiger partial charge < -0.3 is 10.1 Å². The molecule has 4 nitrogen and oxygen atoms in total. The molecule has 0 bridgehead atoms. The van der Waals surface area contributed by atoms with Crippen molar-refractivity contribution in [1.82, 2.24) is 15.1 Å². The van der Waals surface area contributed by atoms with E-state index in [1.54, 1.807) is 0 Å². The summed E-state index contributed by atoms with van der Waals surface area (Å²) in [5.74, 6) is 0.549. The minimum atomic E-state index is -4.50. The summed E-state index contributed by atoms with van der Waals surface area (Å²) in [5, 5.41) is 6.42. The van der Waals surface area contributed by atoms with Crippen LogP contribution < -0.4 is 5.32 Å². The summed E-state index contributed by atoms with van der Waals surface area (Å²) in [5.41, 5.74) is -0.952. The minimum Gasteiger partial charge on any atom is -0.377 e. The van der Waals surface area contributed by atoms with Crippen LogP contribution in [0.3, 0.4) is 0 Å². The van der Waals surface area contributed by atoms with Gasteiger partial charge in [-0.25, -0.2) is 0 Å². The van der Waals surface area contributed by atoms with Gasteiger partial charge in [-0.15, -0.1) is 0 Å². The molecule has 8 heteroatoms. The summed E-state index contributed by atoms with van der Waals surface area (Å²) in [4.78, 5) is 0. The Bertz CT molecular complexity index is 519. The number of rotatable bonds is 6. The lowest BCUT2D eigenvalue weighted by Crippen LogP contribution is -2.29. The van der Waals surface area contributed by atoms with Crippen LogP contribution in [-0.4, -0.2) is 29.0 Å². The van der Waals surface area contributed by atoms with Gasteiger partial charge in [0.15, 0.2) is 5.69 Å². The van der Waals surface area contributed by atoms with Gasteiger partial charge in [0.25, 0.3) is 0 Å². The maximum Gasteiger partial charge on any atom is 0.435 e. The van der Waals surface area contributed by atoms with Gasteiger partial charge in [0.1, 0.15) is 5.15 Å². The molecule has 1 aromatic heterocycles.